The van der Waals surface area contributed by atoms with E-state index in [2.05, 4.69) is 34.5 Å². The van der Waals surface area contributed by atoms with Gasteiger partial charge in [-0.15, -0.1) is 0 Å². The molecule has 6 nitrogen and oxygen atoms in total. The van der Waals surface area contributed by atoms with Crippen LogP contribution in [0.1, 0.15) is 62.1 Å². The van der Waals surface area contributed by atoms with Crippen LogP contribution in [0.4, 0.5) is 0 Å². The van der Waals surface area contributed by atoms with Gasteiger partial charge in [-0.3, -0.25) is 9.69 Å². The molecule has 0 radical (unpaired) electrons. The Labute approximate surface area is 204 Å². The van der Waals surface area contributed by atoms with Crippen molar-refractivity contribution in [2.75, 3.05) is 32.7 Å². The minimum absolute atomic E-state index is 0.0291. The van der Waals surface area contributed by atoms with Crippen LogP contribution in [0.5, 0.6) is 0 Å². The van der Waals surface area contributed by atoms with Gasteiger partial charge in [-0.2, -0.15) is 4.31 Å². The number of hydrogen-bond donors (Lipinski definition) is 1. The van der Waals surface area contributed by atoms with Crippen LogP contribution >= 0.6 is 0 Å². The van der Waals surface area contributed by atoms with E-state index in [1.165, 1.54) is 18.4 Å². The smallest absolute Gasteiger partial charge is 0.243 e. The molecule has 1 amide bonds. The summed E-state index contributed by atoms with van der Waals surface area (Å²) in [5.41, 5.74) is 2.22. The molecule has 2 aromatic rings. The average molecular weight is 484 g/mol. The highest BCUT2D eigenvalue weighted by atomic mass is 32.2. The van der Waals surface area contributed by atoms with Crippen LogP contribution in [0.2, 0.25) is 0 Å². The summed E-state index contributed by atoms with van der Waals surface area (Å²) in [4.78, 5) is 15.4. The Morgan fingerprint density at radius 2 is 1.44 bits per heavy atom. The first kappa shape index (κ1) is 24.9. The lowest BCUT2D eigenvalue weighted by Crippen LogP contribution is -2.36. The zero-order valence-corrected chi connectivity index (χ0v) is 20.8. The fraction of sp³-hybridized carbons (Fsp3) is 0.519. The number of nitrogens with zero attached hydrogens (tertiary/aromatic N) is 2. The Hall–Kier alpha value is -2.22. The van der Waals surface area contributed by atoms with E-state index in [-0.39, 0.29) is 11.9 Å². The minimum Gasteiger partial charge on any atom is -0.354 e. The summed E-state index contributed by atoms with van der Waals surface area (Å²) < 4.78 is 27.5. The molecule has 7 heteroatoms. The maximum Gasteiger partial charge on any atom is 0.243 e. The van der Waals surface area contributed by atoms with E-state index in [9.17, 15) is 13.2 Å². The second kappa shape index (κ2) is 12.0. The number of hydrogen-bond acceptors (Lipinski definition) is 4. The summed E-state index contributed by atoms with van der Waals surface area (Å²) in [6, 6.07) is 17.7. The van der Waals surface area contributed by atoms with E-state index in [1.807, 2.05) is 18.2 Å². The summed E-state index contributed by atoms with van der Waals surface area (Å²) in [5, 5.41) is 3.13. The largest absolute Gasteiger partial charge is 0.354 e. The first-order chi connectivity index (χ1) is 16.5. The molecule has 0 spiro atoms. The number of amides is 1. The summed E-state index contributed by atoms with van der Waals surface area (Å²) in [6.45, 7) is 3.96. The summed E-state index contributed by atoms with van der Waals surface area (Å²) in [7, 11) is -3.44. The highest BCUT2D eigenvalue weighted by Gasteiger charge is 2.25. The molecule has 0 bridgehead atoms. The Balaban J connectivity index is 1.29. The topological polar surface area (TPSA) is 69.7 Å². The lowest BCUT2D eigenvalue weighted by atomic mass is 10.1. The highest BCUT2D eigenvalue weighted by Crippen LogP contribution is 2.25. The molecule has 2 aliphatic heterocycles. The molecular weight excluding hydrogens is 446 g/mol. The van der Waals surface area contributed by atoms with Gasteiger partial charge < -0.3 is 5.32 Å². The van der Waals surface area contributed by atoms with Gasteiger partial charge in [0.05, 0.1) is 10.9 Å². The summed E-state index contributed by atoms with van der Waals surface area (Å²) in [5.74, 6) is 0.0291. The molecule has 1 atom stereocenters. The first-order valence-corrected chi connectivity index (χ1v) is 14.1. The van der Waals surface area contributed by atoms with Crippen molar-refractivity contribution in [3.8, 4) is 0 Å². The Bertz CT molecular complexity index is 1010. The third-order valence-electron chi connectivity index (χ3n) is 7.03. The van der Waals surface area contributed by atoms with E-state index >= 15 is 0 Å². The quantitative estimate of drug-likeness (QED) is 0.582. The third-order valence-corrected chi connectivity index (χ3v) is 8.94. The van der Waals surface area contributed by atoms with Gasteiger partial charge in [0.2, 0.25) is 15.9 Å². The van der Waals surface area contributed by atoms with Gasteiger partial charge in [0.1, 0.15) is 0 Å². The lowest BCUT2D eigenvalue weighted by molar-refractivity contribution is -0.121. The monoisotopic (exact) mass is 483 g/mol. The van der Waals surface area contributed by atoms with Crippen molar-refractivity contribution in [2.24, 2.45) is 0 Å². The number of aryl methyl sites for hydroxylation is 1. The predicted molar refractivity (Wildman–Crippen MR) is 135 cm³/mol. The van der Waals surface area contributed by atoms with Crippen molar-refractivity contribution in [3.63, 3.8) is 0 Å². The molecule has 184 valence electrons. The van der Waals surface area contributed by atoms with Crippen LogP contribution in [0.15, 0.2) is 59.5 Å². The molecule has 34 heavy (non-hydrogen) atoms. The molecule has 4 rings (SSSR count). The standard InChI is InChI=1S/C27H37N3O3S/c31-27(28-22-26(29-18-8-9-19-29)24-10-4-3-5-11-24)17-14-23-12-15-25(16-13-23)34(32,33)30-20-6-1-2-7-21-30/h3-5,10-13,15-16,26H,1-2,6-9,14,17-22H2,(H,28,31). The number of carbonyl (C=O) groups excluding carboxylic acids is 1. The SMILES string of the molecule is O=C(CCc1ccc(S(=O)(=O)N2CCCCCC2)cc1)NCC(c1ccccc1)N1CCCC1. The van der Waals surface area contributed by atoms with Crippen LogP contribution in [0.3, 0.4) is 0 Å². The van der Waals surface area contributed by atoms with Gasteiger partial charge in [0.15, 0.2) is 0 Å². The van der Waals surface area contributed by atoms with Crippen molar-refractivity contribution in [1.82, 2.24) is 14.5 Å². The number of likely N-dealkylation sites (tertiary alicyclic amines) is 1. The van der Waals surface area contributed by atoms with Crippen LogP contribution in [-0.2, 0) is 21.2 Å². The van der Waals surface area contributed by atoms with E-state index in [4.69, 9.17) is 0 Å². The fourth-order valence-corrected chi connectivity index (χ4v) is 6.52. The summed E-state index contributed by atoms with van der Waals surface area (Å²) in [6.07, 6.45) is 7.44. The average Bonchev–Trinajstić information content (AvgIpc) is 3.24. The van der Waals surface area contributed by atoms with Crippen molar-refractivity contribution in [2.45, 2.75) is 62.3 Å². The van der Waals surface area contributed by atoms with Gasteiger partial charge in [-0.05, 0) is 68.5 Å². The van der Waals surface area contributed by atoms with Crippen molar-refractivity contribution >= 4 is 15.9 Å². The molecule has 1 unspecified atom stereocenters. The number of sulfonamides is 1. The van der Waals surface area contributed by atoms with Gasteiger partial charge in [-0.1, -0.05) is 55.3 Å². The van der Waals surface area contributed by atoms with Crippen LogP contribution < -0.4 is 5.32 Å². The molecule has 2 aliphatic rings. The predicted octanol–water partition coefficient (Wildman–Crippen LogP) is 4.14. The normalized spacial score (nSPS) is 18.9. The molecule has 2 fully saturated rings. The minimum atomic E-state index is -3.44. The number of benzene rings is 2. The Kier molecular flexibility index (Phi) is 8.75. The second-order valence-corrected chi connectivity index (χ2v) is 11.4. The van der Waals surface area contributed by atoms with Gasteiger partial charge >= 0.3 is 0 Å². The van der Waals surface area contributed by atoms with Crippen LogP contribution in [0.25, 0.3) is 0 Å². The molecule has 2 aromatic carbocycles. The van der Waals surface area contributed by atoms with E-state index in [0.29, 0.717) is 37.4 Å². The maximum atomic E-state index is 13.0. The molecule has 2 heterocycles. The van der Waals surface area contributed by atoms with E-state index in [1.54, 1.807) is 16.4 Å². The molecule has 0 aliphatic carbocycles. The summed E-state index contributed by atoms with van der Waals surface area (Å²) >= 11 is 0. The zero-order chi connectivity index (χ0) is 23.8. The lowest BCUT2D eigenvalue weighted by Gasteiger charge is -2.28. The highest BCUT2D eigenvalue weighted by molar-refractivity contribution is 7.89. The number of nitrogens with one attached hydrogen (secondary N) is 1. The Morgan fingerprint density at radius 1 is 0.824 bits per heavy atom. The van der Waals surface area contributed by atoms with E-state index < -0.39 is 10.0 Å². The van der Waals surface area contributed by atoms with Crippen molar-refractivity contribution in [1.29, 1.82) is 0 Å². The third kappa shape index (κ3) is 6.46. The number of rotatable bonds is 9. The Morgan fingerprint density at radius 3 is 2.09 bits per heavy atom. The van der Waals surface area contributed by atoms with Gasteiger partial charge in [-0.25, -0.2) is 8.42 Å². The van der Waals surface area contributed by atoms with Gasteiger partial charge in [0, 0.05) is 26.1 Å². The van der Waals surface area contributed by atoms with Crippen molar-refractivity contribution in [3.05, 3.63) is 65.7 Å². The molecule has 1 N–H and O–H groups in total. The zero-order valence-electron chi connectivity index (χ0n) is 20.0. The molecule has 2 saturated heterocycles. The maximum absolute atomic E-state index is 13.0. The first-order valence-electron chi connectivity index (χ1n) is 12.7. The van der Waals surface area contributed by atoms with E-state index in [0.717, 1.165) is 44.3 Å². The van der Waals surface area contributed by atoms with Crippen molar-refractivity contribution < 1.29 is 13.2 Å². The fourth-order valence-electron chi connectivity index (χ4n) is 5.00. The molecular formula is C27H37N3O3S. The van der Waals surface area contributed by atoms with Gasteiger partial charge in [0.25, 0.3) is 0 Å². The number of carbonyl (C=O) groups is 1. The molecule has 0 saturated carbocycles. The molecule has 0 aromatic heterocycles. The van der Waals surface area contributed by atoms with Crippen LogP contribution in [0, 0.1) is 0 Å². The van der Waals surface area contributed by atoms with Crippen LogP contribution in [-0.4, -0.2) is 56.3 Å². The second-order valence-electron chi connectivity index (χ2n) is 9.44.